The van der Waals surface area contributed by atoms with Crippen LogP contribution in [-0.4, -0.2) is 16.7 Å². The molecule has 0 aliphatic rings. The van der Waals surface area contributed by atoms with E-state index in [1.165, 1.54) is 18.2 Å². The minimum Gasteiger partial charge on any atom is -0.318 e. The summed E-state index contributed by atoms with van der Waals surface area (Å²) in [6, 6.07) is 6.06. The average Bonchev–Trinajstić information content (AvgIpc) is 2.55. The molecule has 0 aliphatic carbocycles. The SMILES string of the molecule is O=C(Nc1cccc([N+](=O)[O-])c1)C(=O)Nc1ccc(F)c(F)c1F. The van der Waals surface area contributed by atoms with Crippen LogP contribution in [0.2, 0.25) is 0 Å². The van der Waals surface area contributed by atoms with Crippen molar-refractivity contribution >= 4 is 28.9 Å². The summed E-state index contributed by atoms with van der Waals surface area (Å²) in [6.07, 6.45) is 0. The molecule has 0 spiro atoms. The number of carbonyl (C=O) groups excluding carboxylic acids is 2. The highest BCUT2D eigenvalue weighted by Gasteiger charge is 2.20. The maximum Gasteiger partial charge on any atom is 0.314 e. The Morgan fingerprint density at radius 1 is 0.958 bits per heavy atom. The van der Waals surface area contributed by atoms with Crippen LogP contribution in [0.3, 0.4) is 0 Å². The molecule has 2 aromatic carbocycles. The minimum atomic E-state index is -1.80. The number of nitro groups is 1. The van der Waals surface area contributed by atoms with Crippen molar-refractivity contribution in [3.8, 4) is 0 Å². The number of non-ortho nitro benzene ring substituents is 1. The first kappa shape index (κ1) is 16.9. The van der Waals surface area contributed by atoms with Crippen LogP contribution in [-0.2, 0) is 9.59 Å². The lowest BCUT2D eigenvalue weighted by molar-refractivity contribution is -0.384. The Labute approximate surface area is 132 Å². The number of nitrogens with one attached hydrogen (secondary N) is 2. The highest BCUT2D eigenvalue weighted by atomic mass is 19.2. The highest BCUT2D eigenvalue weighted by Crippen LogP contribution is 2.20. The van der Waals surface area contributed by atoms with Gasteiger partial charge in [-0.15, -0.1) is 0 Å². The van der Waals surface area contributed by atoms with Gasteiger partial charge in [-0.3, -0.25) is 19.7 Å². The van der Waals surface area contributed by atoms with Gasteiger partial charge >= 0.3 is 11.8 Å². The topological polar surface area (TPSA) is 101 Å². The molecule has 0 fully saturated rings. The van der Waals surface area contributed by atoms with E-state index in [-0.39, 0.29) is 11.4 Å². The molecular formula is C14H8F3N3O4. The lowest BCUT2D eigenvalue weighted by Crippen LogP contribution is -2.29. The van der Waals surface area contributed by atoms with E-state index in [1.807, 2.05) is 0 Å². The van der Waals surface area contributed by atoms with E-state index >= 15 is 0 Å². The number of anilines is 2. The Bertz CT molecular complexity index is 842. The number of rotatable bonds is 3. The quantitative estimate of drug-likeness (QED) is 0.388. The number of nitrogens with zero attached hydrogens (tertiary/aromatic N) is 1. The molecule has 0 saturated carbocycles. The van der Waals surface area contributed by atoms with Crippen LogP contribution in [0.15, 0.2) is 36.4 Å². The molecule has 0 unspecified atom stereocenters. The number of amides is 2. The molecule has 0 atom stereocenters. The fourth-order valence-electron chi connectivity index (χ4n) is 1.69. The second kappa shape index (κ2) is 6.77. The van der Waals surface area contributed by atoms with Crippen LogP contribution in [0.25, 0.3) is 0 Å². The average molecular weight is 339 g/mol. The second-order valence-electron chi connectivity index (χ2n) is 4.44. The van der Waals surface area contributed by atoms with E-state index in [9.17, 15) is 32.9 Å². The summed E-state index contributed by atoms with van der Waals surface area (Å²) in [7, 11) is 0. The number of hydrogen-bond acceptors (Lipinski definition) is 4. The lowest BCUT2D eigenvalue weighted by atomic mass is 10.2. The van der Waals surface area contributed by atoms with Gasteiger partial charge in [-0.05, 0) is 18.2 Å². The zero-order valence-electron chi connectivity index (χ0n) is 11.7. The van der Waals surface area contributed by atoms with Crippen LogP contribution in [0, 0.1) is 27.6 Å². The second-order valence-corrected chi connectivity index (χ2v) is 4.44. The molecule has 10 heteroatoms. The maximum absolute atomic E-state index is 13.4. The first-order valence-corrected chi connectivity index (χ1v) is 6.30. The first-order chi connectivity index (χ1) is 11.3. The predicted molar refractivity (Wildman–Crippen MR) is 76.7 cm³/mol. The molecule has 2 amide bonds. The van der Waals surface area contributed by atoms with E-state index in [4.69, 9.17) is 0 Å². The third-order valence-electron chi connectivity index (χ3n) is 2.80. The largest absolute Gasteiger partial charge is 0.318 e. The molecule has 0 aromatic heterocycles. The third kappa shape index (κ3) is 3.66. The van der Waals surface area contributed by atoms with Crippen molar-refractivity contribution in [3.63, 3.8) is 0 Å². The van der Waals surface area contributed by atoms with Crippen LogP contribution < -0.4 is 10.6 Å². The smallest absolute Gasteiger partial charge is 0.314 e. The fraction of sp³-hybridized carbons (Fsp3) is 0. The summed E-state index contributed by atoms with van der Waals surface area (Å²) in [5.41, 5.74) is -1.09. The summed E-state index contributed by atoms with van der Waals surface area (Å²) < 4.78 is 39.2. The number of halogens is 3. The van der Waals surface area contributed by atoms with Crippen LogP contribution >= 0.6 is 0 Å². The summed E-state index contributed by atoms with van der Waals surface area (Å²) in [5.74, 6) is -7.56. The zero-order chi connectivity index (χ0) is 17.9. The molecule has 0 radical (unpaired) electrons. The van der Waals surface area contributed by atoms with E-state index in [1.54, 1.807) is 5.32 Å². The van der Waals surface area contributed by atoms with Crippen molar-refractivity contribution in [1.29, 1.82) is 0 Å². The van der Waals surface area contributed by atoms with E-state index in [2.05, 4.69) is 5.32 Å². The molecule has 0 aliphatic heterocycles. The molecule has 0 bridgehead atoms. The van der Waals surface area contributed by atoms with Gasteiger partial charge in [0, 0.05) is 17.8 Å². The monoisotopic (exact) mass is 339 g/mol. The number of carbonyl (C=O) groups is 2. The van der Waals surface area contributed by atoms with Crippen molar-refractivity contribution in [2.24, 2.45) is 0 Å². The van der Waals surface area contributed by atoms with E-state index in [0.717, 1.165) is 12.1 Å². The molecular weight excluding hydrogens is 331 g/mol. The molecule has 124 valence electrons. The predicted octanol–water partition coefficient (Wildman–Crippen LogP) is 2.59. The van der Waals surface area contributed by atoms with E-state index < -0.39 is 39.9 Å². The molecule has 0 heterocycles. The standard InChI is InChI=1S/C14H8F3N3O4/c15-9-4-5-10(12(17)11(9)16)19-14(22)13(21)18-7-2-1-3-8(6-7)20(23)24/h1-6H,(H,18,21)(H,19,22). The first-order valence-electron chi connectivity index (χ1n) is 6.30. The Balaban J connectivity index is 2.11. The van der Waals surface area contributed by atoms with Crippen molar-refractivity contribution in [1.82, 2.24) is 0 Å². The Morgan fingerprint density at radius 3 is 2.29 bits per heavy atom. The van der Waals surface area contributed by atoms with Crippen LogP contribution in [0.1, 0.15) is 0 Å². The van der Waals surface area contributed by atoms with Crippen molar-refractivity contribution in [3.05, 3.63) is 64.0 Å². The van der Waals surface area contributed by atoms with Crippen molar-refractivity contribution in [2.75, 3.05) is 10.6 Å². The molecule has 0 saturated heterocycles. The van der Waals surface area contributed by atoms with Gasteiger partial charge in [-0.25, -0.2) is 13.2 Å². The normalized spacial score (nSPS) is 10.1. The van der Waals surface area contributed by atoms with Gasteiger partial charge in [0.15, 0.2) is 17.5 Å². The van der Waals surface area contributed by atoms with Crippen LogP contribution in [0.4, 0.5) is 30.2 Å². The van der Waals surface area contributed by atoms with Gasteiger partial charge < -0.3 is 10.6 Å². The molecule has 7 nitrogen and oxygen atoms in total. The van der Waals surface area contributed by atoms with Crippen molar-refractivity contribution in [2.45, 2.75) is 0 Å². The molecule has 2 N–H and O–H groups in total. The lowest BCUT2D eigenvalue weighted by Gasteiger charge is -2.08. The number of benzene rings is 2. The van der Waals surface area contributed by atoms with Gasteiger partial charge in [0.25, 0.3) is 5.69 Å². The Hall–Kier alpha value is -3.43. The molecule has 2 aromatic rings. The Kier molecular flexibility index (Phi) is 4.78. The maximum atomic E-state index is 13.4. The number of nitro benzene ring substituents is 1. The molecule has 2 rings (SSSR count). The zero-order valence-corrected chi connectivity index (χ0v) is 11.7. The number of hydrogen-bond donors (Lipinski definition) is 2. The molecule has 24 heavy (non-hydrogen) atoms. The fourth-order valence-corrected chi connectivity index (χ4v) is 1.69. The summed E-state index contributed by atoms with van der Waals surface area (Å²) in [5, 5.41) is 14.4. The minimum absolute atomic E-state index is 0.0462. The summed E-state index contributed by atoms with van der Waals surface area (Å²) in [6.45, 7) is 0. The van der Waals surface area contributed by atoms with Gasteiger partial charge in [-0.2, -0.15) is 0 Å². The van der Waals surface area contributed by atoms with Gasteiger partial charge in [0.05, 0.1) is 10.6 Å². The van der Waals surface area contributed by atoms with Gasteiger partial charge in [0.1, 0.15) is 0 Å². The summed E-state index contributed by atoms with van der Waals surface area (Å²) >= 11 is 0. The van der Waals surface area contributed by atoms with Gasteiger partial charge in [0.2, 0.25) is 0 Å². The van der Waals surface area contributed by atoms with Crippen molar-refractivity contribution < 1.29 is 27.7 Å². The van der Waals surface area contributed by atoms with Crippen LogP contribution in [0.5, 0.6) is 0 Å². The third-order valence-corrected chi connectivity index (χ3v) is 2.80. The Morgan fingerprint density at radius 2 is 1.62 bits per heavy atom. The summed E-state index contributed by atoms with van der Waals surface area (Å²) in [4.78, 5) is 33.2. The van der Waals surface area contributed by atoms with E-state index in [0.29, 0.717) is 6.07 Å². The van der Waals surface area contributed by atoms with Gasteiger partial charge in [-0.1, -0.05) is 6.07 Å². The highest BCUT2D eigenvalue weighted by molar-refractivity contribution is 6.43.